The minimum atomic E-state index is -3.13. The molecule has 0 saturated carbocycles. The molecule has 0 aromatic heterocycles. The number of hydrogen-bond donors (Lipinski definition) is 2. The van der Waals surface area contributed by atoms with Crippen molar-refractivity contribution in [2.45, 2.75) is 0 Å². The summed E-state index contributed by atoms with van der Waals surface area (Å²) >= 11 is 0. The fourth-order valence-corrected chi connectivity index (χ4v) is 0. The van der Waals surface area contributed by atoms with Gasteiger partial charge in [0.25, 0.3) is 0 Å². The van der Waals surface area contributed by atoms with E-state index in [9.17, 15) is 0 Å². The summed E-state index contributed by atoms with van der Waals surface area (Å²) < 4.78 is 8.74. The molecule has 0 fully saturated rings. The van der Waals surface area contributed by atoms with Crippen molar-refractivity contribution in [2.24, 2.45) is 0 Å². The van der Waals surface area contributed by atoms with Gasteiger partial charge in [0.2, 0.25) is 0 Å². The predicted molar refractivity (Wildman–Crippen MR) is 28.0 cm³/mol. The van der Waals surface area contributed by atoms with Crippen LogP contribution in [0.5, 0.6) is 0 Å². The monoisotopic (exact) mass is 162 g/mol. The molecule has 0 spiro atoms. The Morgan fingerprint density at radius 1 is 1.17 bits per heavy atom. The predicted octanol–water partition coefficient (Wildman–Crippen LogP) is -3.45. The zero-order valence-electron chi connectivity index (χ0n) is 1.80. The van der Waals surface area contributed by atoms with Crippen LogP contribution in [0.25, 0.3) is 0 Å². The first-order chi connectivity index (χ1) is 1.73. The Bertz CT molecular complexity index is 31.8. The molecule has 3 nitrogen and oxygen atoms in total. The van der Waals surface area contributed by atoms with Gasteiger partial charge in [0.15, 0.2) is 0 Å². The molecule has 6 heavy (non-hydrogen) atoms. The van der Waals surface area contributed by atoms with Gasteiger partial charge in [-0.25, -0.2) is 0 Å². The molecule has 0 aliphatic carbocycles. The molecular weight excluding hydrogens is 156 g/mol. The molecule has 0 amide bonds. The summed E-state index contributed by atoms with van der Waals surface area (Å²) in [5.74, 6) is 0. The summed E-state index contributed by atoms with van der Waals surface area (Å²) in [5.41, 5.74) is 0. The summed E-state index contributed by atoms with van der Waals surface area (Å²) in [6.07, 6.45) is 0. The van der Waals surface area contributed by atoms with Crippen LogP contribution in [-0.4, -0.2) is 94.2 Å². The van der Waals surface area contributed by atoms with Crippen LogP contribution >= 0.6 is 0 Å². The van der Waals surface area contributed by atoms with Crippen LogP contribution in [0.4, 0.5) is 0 Å². The maximum absolute atomic E-state index is 8.74. The zero-order chi connectivity index (χ0) is 3.58. The van der Waals surface area contributed by atoms with E-state index in [1.165, 1.54) is 0 Å². The molecule has 2 N–H and O–H groups in total. The molecule has 0 unspecified atom stereocenters. The van der Waals surface area contributed by atoms with Gasteiger partial charge in [0.05, 0.1) is 0 Å². The van der Waals surface area contributed by atoms with Gasteiger partial charge in [0, 0.05) is 0 Å². The van der Waals surface area contributed by atoms with Crippen molar-refractivity contribution in [3.63, 3.8) is 0 Å². The van der Waals surface area contributed by atoms with Crippen LogP contribution < -0.4 is 0 Å². The second kappa shape index (κ2) is 10.2. The van der Waals surface area contributed by atoms with E-state index in [1.807, 2.05) is 0 Å². The van der Waals surface area contributed by atoms with Crippen molar-refractivity contribution >= 4 is 84.6 Å². The van der Waals surface area contributed by atoms with Gasteiger partial charge < -0.3 is 9.59 Å². The second-order valence-electron chi connectivity index (χ2n) is 0.283. The van der Waals surface area contributed by atoms with Crippen molar-refractivity contribution in [3.8, 4) is 0 Å². The first-order valence-electron chi connectivity index (χ1n) is 0.651. The van der Waals surface area contributed by atoms with Crippen LogP contribution in [0.2, 0.25) is 0 Å². The Kier molecular flexibility index (Phi) is 26.7. The third kappa shape index (κ3) is 35.5. The van der Waals surface area contributed by atoms with E-state index in [0.29, 0.717) is 0 Å². The van der Waals surface area contributed by atoms with Crippen LogP contribution in [-0.2, 0) is 4.46 Å². The average Bonchev–Trinajstić information content (AvgIpc) is 0.811. The molecule has 0 bridgehead atoms. The second-order valence-corrected chi connectivity index (χ2v) is 0.848. The molecular formula is H6Ca2O3Si. The summed E-state index contributed by atoms with van der Waals surface area (Å²) in [7, 11) is -3.13. The standard InChI is InChI=1S/2Ca.H2O3Si.4H/c;;1-4(2)3;;;;/h;;1-2H;;;;. The summed E-state index contributed by atoms with van der Waals surface area (Å²) in [5, 5.41) is 0. The van der Waals surface area contributed by atoms with E-state index in [2.05, 4.69) is 0 Å². The van der Waals surface area contributed by atoms with Gasteiger partial charge in [-0.3, -0.25) is 4.46 Å². The van der Waals surface area contributed by atoms with Gasteiger partial charge >= 0.3 is 84.6 Å². The van der Waals surface area contributed by atoms with Gasteiger partial charge in [-0.1, -0.05) is 0 Å². The van der Waals surface area contributed by atoms with Gasteiger partial charge in [-0.05, 0) is 0 Å². The van der Waals surface area contributed by atoms with Crippen molar-refractivity contribution in [2.75, 3.05) is 0 Å². The van der Waals surface area contributed by atoms with E-state index in [4.69, 9.17) is 14.1 Å². The van der Waals surface area contributed by atoms with Gasteiger partial charge in [-0.15, -0.1) is 0 Å². The molecule has 32 valence electrons. The quantitative estimate of drug-likeness (QED) is 0.364. The summed E-state index contributed by atoms with van der Waals surface area (Å²) in [4.78, 5) is 14.3. The topological polar surface area (TPSA) is 57.5 Å². The molecule has 0 aromatic carbocycles. The molecule has 0 heterocycles. The van der Waals surface area contributed by atoms with E-state index >= 15 is 0 Å². The van der Waals surface area contributed by atoms with Crippen molar-refractivity contribution in [1.82, 2.24) is 0 Å². The van der Waals surface area contributed by atoms with Gasteiger partial charge in [-0.2, -0.15) is 0 Å². The third-order valence-corrected chi connectivity index (χ3v) is 0. The summed E-state index contributed by atoms with van der Waals surface area (Å²) in [6, 6.07) is 0. The normalized spacial score (nSPS) is 4.00. The van der Waals surface area contributed by atoms with E-state index in [0.717, 1.165) is 0 Å². The first-order valence-corrected chi connectivity index (χ1v) is 1.95. The third-order valence-electron chi connectivity index (χ3n) is 0. The SMILES string of the molecule is O=[Si](O)O.[CaH2].[CaH2]. The minimum absolute atomic E-state index is 0. The van der Waals surface area contributed by atoms with Crippen molar-refractivity contribution in [3.05, 3.63) is 0 Å². The van der Waals surface area contributed by atoms with Gasteiger partial charge in [0.1, 0.15) is 0 Å². The maximum atomic E-state index is 8.74. The molecule has 0 rings (SSSR count). The van der Waals surface area contributed by atoms with Crippen LogP contribution in [0, 0.1) is 0 Å². The van der Waals surface area contributed by atoms with Crippen molar-refractivity contribution < 1.29 is 14.1 Å². The average molecular weight is 162 g/mol. The number of rotatable bonds is 0. The Morgan fingerprint density at radius 2 is 1.17 bits per heavy atom. The molecule has 0 saturated heterocycles. The van der Waals surface area contributed by atoms with Crippen LogP contribution in [0.15, 0.2) is 0 Å². The Labute approximate surface area is 96.6 Å². The molecule has 0 aliphatic rings. The fraction of sp³-hybridized carbons (Fsp3) is 0. The molecule has 0 aliphatic heterocycles. The van der Waals surface area contributed by atoms with E-state index in [1.54, 1.807) is 0 Å². The summed E-state index contributed by atoms with van der Waals surface area (Å²) in [6.45, 7) is 0. The zero-order valence-corrected chi connectivity index (χ0v) is 2.80. The Balaban J connectivity index is -0.0000000450. The van der Waals surface area contributed by atoms with E-state index < -0.39 is 9.17 Å². The Hall–Kier alpha value is 2.14. The molecule has 0 atom stereocenters. The molecule has 6 heteroatoms. The van der Waals surface area contributed by atoms with Crippen molar-refractivity contribution in [1.29, 1.82) is 0 Å². The van der Waals surface area contributed by atoms with E-state index in [-0.39, 0.29) is 75.5 Å². The number of hydrogen-bond acceptors (Lipinski definition) is 1. The fourth-order valence-electron chi connectivity index (χ4n) is 0. The molecule has 0 radical (unpaired) electrons. The van der Waals surface area contributed by atoms with Crippen LogP contribution in [0.3, 0.4) is 0 Å². The first kappa shape index (κ1) is 15.7. The molecule has 0 aromatic rings. The Morgan fingerprint density at radius 3 is 1.17 bits per heavy atom. The van der Waals surface area contributed by atoms with Crippen LogP contribution in [0.1, 0.15) is 0 Å².